The van der Waals surface area contributed by atoms with E-state index in [-0.39, 0.29) is 0 Å². The van der Waals surface area contributed by atoms with Crippen LogP contribution in [0.15, 0.2) is 17.3 Å². The van der Waals surface area contributed by atoms with E-state index in [1.807, 2.05) is 24.2 Å². The van der Waals surface area contributed by atoms with E-state index in [0.29, 0.717) is 0 Å². The topological polar surface area (TPSA) is 28.7 Å². The van der Waals surface area contributed by atoms with Crippen LogP contribution in [-0.4, -0.2) is 16.0 Å². The van der Waals surface area contributed by atoms with Crippen molar-refractivity contribution in [1.82, 2.24) is 10.2 Å². The van der Waals surface area contributed by atoms with Gasteiger partial charge in [-0.2, -0.15) is 5.10 Å². The molecule has 3 heteroatoms. The van der Waals surface area contributed by atoms with Crippen LogP contribution >= 0.6 is 11.8 Å². The Balaban J connectivity index is 1.79. The highest BCUT2D eigenvalue weighted by Crippen LogP contribution is 2.34. The molecule has 0 unspecified atom stereocenters. The third kappa shape index (κ3) is 1.53. The summed E-state index contributed by atoms with van der Waals surface area (Å²) >= 11 is 1.90. The predicted octanol–water partition coefficient (Wildman–Crippen LogP) is 1.91. The summed E-state index contributed by atoms with van der Waals surface area (Å²) in [7, 11) is 0. The van der Waals surface area contributed by atoms with Gasteiger partial charge in [-0.1, -0.05) is 0 Å². The van der Waals surface area contributed by atoms with Crippen molar-refractivity contribution in [3.63, 3.8) is 0 Å². The molecule has 1 saturated carbocycles. The van der Waals surface area contributed by atoms with Gasteiger partial charge in [0.15, 0.2) is 0 Å². The number of H-pyrrole nitrogens is 1. The Morgan fingerprint density at radius 1 is 1.70 bits per heavy atom. The van der Waals surface area contributed by atoms with Crippen LogP contribution in [0, 0.1) is 5.92 Å². The average molecular weight is 154 g/mol. The maximum atomic E-state index is 3.87. The largest absolute Gasteiger partial charge is 0.285 e. The second kappa shape index (κ2) is 2.66. The van der Waals surface area contributed by atoms with Gasteiger partial charge in [0.05, 0.1) is 6.20 Å². The number of nitrogens with zero attached hydrogens (tertiary/aromatic N) is 1. The number of rotatable bonds is 3. The lowest BCUT2D eigenvalue weighted by Gasteiger charge is -1.91. The first-order valence-corrected chi connectivity index (χ1v) is 4.55. The molecule has 2 rings (SSSR count). The van der Waals surface area contributed by atoms with Crippen molar-refractivity contribution in [3.8, 4) is 0 Å². The maximum Gasteiger partial charge on any atom is 0.0623 e. The highest BCUT2D eigenvalue weighted by atomic mass is 32.2. The van der Waals surface area contributed by atoms with Gasteiger partial charge < -0.3 is 0 Å². The highest BCUT2D eigenvalue weighted by molar-refractivity contribution is 7.99. The second-order valence-electron chi connectivity index (χ2n) is 2.69. The molecule has 0 bridgehead atoms. The molecule has 1 aromatic rings. The lowest BCUT2D eigenvalue weighted by atomic mass is 10.5. The van der Waals surface area contributed by atoms with E-state index >= 15 is 0 Å². The Morgan fingerprint density at radius 3 is 3.20 bits per heavy atom. The van der Waals surface area contributed by atoms with Crippen LogP contribution < -0.4 is 0 Å². The Morgan fingerprint density at radius 2 is 2.60 bits per heavy atom. The molecule has 1 aliphatic carbocycles. The molecule has 0 aromatic carbocycles. The minimum absolute atomic E-state index is 1.000. The van der Waals surface area contributed by atoms with Crippen LogP contribution in [0.4, 0.5) is 0 Å². The predicted molar refractivity (Wildman–Crippen MR) is 42.0 cm³/mol. The average Bonchev–Trinajstić information content (AvgIpc) is 2.63. The fourth-order valence-electron chi connectivity index (χ4n) is 0.817. The maximum absolute atomic E-state index is 3.87. The molecular weight excluding hydrogens is 144 g/mol. The van der Waals surface area contributed by atoms with Gasteiger partial charge in [0.25, 0.3) is 0 Å². The van der Waals surface area contributed by atoms with E-state index in [1.165, 1.54) is 23.5 Å². The number of hydrogen-bond acceptors (Lipinski definition) is 2. The van der Waals surface area contributed by atoms with Gasteiger partial charge in [-0.15, -0.1) is 11.8 Å². The SMILES string of the molecule is c1n[nH]cc1SCC1CC1. The van der Waals surface area contributed by atoms with Crippen LogP contribution in [-0.2, 0) is 0 Å². The molecule has 2 nitrogen and oxygen atoms in total. The molecule has 1 N–H and O–H groups in total. The number of aromatic amines is 1. The van der Waals surface area contributed by atoms with E-state index in [9.17, 15) is 0 Å². The van der Waals surface area contributed by atoms with Crippen molar-refractivity contribution in [2.45, 2.75) is 17.7 Å². The van der Waals surface area contributed by atoms with Gasteiger partial charge in [0.2, 0.25) is 0 Å². The molecule has 0 spiro atoms. The van der Waals surface area contributed by atoms with Crippen LogP contribution in [0.2, 0.25) is 0 Å². The molecule has 54 valence electrons. The minimum Gasteiger partial charge on any atom is -0.285 e. The fraction of sp³-hybridized carbons (Fsp3) is 0.571. The summed E-state index contributed by atoms with van der Waals surface area (Å²) in [4.78, 5) is 1.27. The lowest BCUT2D eigenvalue weighted by molar-refractivity contribution is 1.000. The number of thioether (sulfide) groups is 1. The number of nitrogens with one attached hydrogen (secondary N) is 1. The monoisotopic (exact) mass is 154 g/mol. The van der Waals surface area contributed by atoms with Crippen LogP contribution in [0.5, 0.6) is 0 Å². The standard InChI is InChI=1S/C7H10N2S/c1-2-6(1)5-10-7-3-8-9-4-7/h3-4,6H,1-2,5H2,(H,8,9). The Bertz CT molecular complexity index is 191. The summed E-state index contributed by atoms with van der Waals surface area (Å²) in [5.74, 6) is 2.28. The summed E-state index contributed by atoms with van der Waals surface area (Å²) in [6.07, 6.45) is 6.70. The first-order valence-electron chi connectivity index (χ1n) is 3.57. The van der Waals surface area contributed by atoms with Gasteiger partial charge in [0.1, 0.15) is 0 Å². The van der Waals surface area contributed by atoms with Crippen molar-refractivity contribution in [2.24, 2.45) is 5.92 Å². The second-order valence-corrected chi connectivity index (χ2v) is 3.78. The van der Waals surface area contributed by atoms with Gasteiger partial charge in [0, 0.05) is 16.8 Å². The zero-order valence-electron chi connectivity index (χ0n) is 5.71. The highest BCUT2D eigenvalue weighted by Gasteiger charge is 2.20. The van der Waals surface area contributed by atoms with E-state index in [4.69, 9.17) is 0 Å². The molecule has 0 saturated heterocycles. The molecule has 1 fully saturated rings. The van der Waals surface area contributed by atoms with E-state index in [0.717, 1.165) is 5.92 Å². The molecule has 0 aliphatic heterocycles. The summed E-state index contributed by atoms with van der Waals surface area (Å²) in [5.41, 5.74) is 0. The van der Waals surface area contributed by atoms with Gasteiger partial charge in [-0.3, -0.25) is 5.10 Å². The van der Waals surface area contributed by atoms with Crippen LogP contribution in [0.25, 0.3) is 0 Å². The van der Waals surface area contributed by atoms with Crippen molar-refractivity contribution in [2.75, 3.05) is 5.75 Å². The molecule has 0 radical (unpaired) electrons. The summed E-state index contributed by atoms with van der Waals surface area (Å²) in [6, 6.07) is 0. The van der Waals surface area contributed by atoms with E-state index < -0.39 is 0 Å². The minimum atomic E-state index is 1.000. The number of aromatic nitrogens is 2. The zero-order valence-corrected chi connectivity index (χ0v) is 6.53. The molecule has 0 atom stereocenters. The molecule has 1 heterocycles. The van der Waals surface area contributed by atoms with Crippen molar-refractivity contribution in [1.29, 1.82) is 0 Å². The van der Waals surface area contributed by atoms with Crippen LogP contribution in [0.1, 0.15) is 12.8 Å². The summed E-state index contributed by atoms with van der Waals surface area (Å²) in [6.45, 7) is 0. The molecule has 0 amide bonds. The normalized spacial score (nSPS) is 17.6. The van der Waals surface area contributed by atoms with Crippen molar-refractivity contribution < 1.29 is 0 Å². The van der Waals surface area contributed by atoms with Crippen LogP contribution in [0.3, 0.4) is 0 Å². The Labute approximate surface area is 64.4 Å². The van der Waals surface area contributed by atoms with Gasteiger partial charge >= 0.3 is 0 Å². The Hall–Kier alpha value is -0.440. The fourth-order valence-corrected chi connectivity index (χ4v) is 1.84. The summed E-state index contributed by atoms with van der Waals surface area (Å²) in [5, 5.41) is 6.68. The molecule has 10 heavy (non-hydrogen) atoms. The first kappa shape index (κ1) is 6.28. The molecule has 1 aromatic heterocycles. The van der Waals surface area contributed by atoms with Gasteiger partial charge in [-0.25, -0.2) is 0 Å². The third-order valence-electron chi connectivity index (χ3n) is 1.66. The molecule has 1 aliphatic rings. The van der Waals surface area contributed by atoms with Gasteiger partial charge in [-0.05, 0) is 18.8 Å². The quantitative estimate of drug-likeness (QED) is 0.674. The Kier molecular flexibility index (Phi) is 1.67. The van der Waals surface area contributed by atoms with E-state index in [1.54, 1.807) is 0 Å². The van der Waals surface area contributed by atoms with Crippen molar-refractivity contribution >= 4 is 11.8 Å². The first-order chi connectivity index (χ1) is 4.95. The van der Waals surface area contributed by atoms with E-state index in [2.05, 4.69) is 10.2 Å². The molecular formula is C7H10N2S. The smallest absolute Gasteiger partial charge is 0.0623 e. The lowest BCUT2D eigenvalue weighted by Crippen LogP contribution is -1.77. The number of hydrogen-bond donors (Lipinski definition) is 1. The van der Waals surface area contributed by atoms with Crippen molar-refractivity contribution in [3.05, 3.63) is 12.4 Å². The third-order valence-corrected chi connectivity index (χ3v) is 2.85. The summed E-state index contributed by atoms with van der Waals surface area (Å²) < 4.78 is 0. The zero-order chi connectivity index (χ0) is 6.81.